The van der Waals surface area contributed by atoms with E-state index >= 15 is 0 Å². The topological polar surface area (TPSA) is 151 Å². The van der Waals surface area contributed by atoms with Crippen LogP contribution in [0, 0.1) is 0 Å². The molecule has 37 heavy (non-hydrogen) atoms. The molecule has 1 atom stereocenters. The number of carbonyl (C=O) groups excluding carboxylic acids is 2. The van der Waals surface area contributed by atoms with Gasteiger partial charge in [0.25, 0.3) is 11.8 Å². The molecule has 0 fully saturated rings. The fourth-order valence-corrected chi connectivity index (χ4v) is 4.47. The van der Waals surface area contributed by atoms with E-state index in [1.165, 1.54) is 29.5 Å². The first kappa shape index (κ1) is 25.6. The largest absolute Gasteiger partial charge is 0.481 e. The molecule has 0 aliphatic rings. The van der Waals surface area contributed by atoms with Crippen LogP contribution in [0.15, 0.2) is 72.9 Å². The van der Waals surface area contributed by atoms with E-state index < -0.39 is 36.2 Å². The lowest BCUT2D eigenvalue weighted by Gasteiger charge is -2.13. The highest BCUT2D eigenvalue weighted by Gasteiger charge is 2.24. The van der Waals surface area contributed by atoms with Gasteiger partial charge >= 0.3 is 11.9 Å². The summed E-state index contributed by atoms with van der Waals surface area (Å²) < 4.78 is 2.12. The summed E-state index contributed by atoms with van der Waals surface area (Å²) in [5.74, 6) is -4.13. The maximum absolute atomic E-state index is 13.3. The number of carbonyl (C=O) groups is 4. The molecule has 0 bridgehead atoms. The first-order valence-electron chi connectivity index (χ1n) is 10.8. The molecular weight excluding hydrogens is 520 g/mol. The number of anilines is 1. The second kappa shape index (κ2) is 11.1. The number of aliphatic carboxylic acids is 2. The molecule has 188 valence electrons. The lowest BCUT2D eigenvalue weighted by atomic mass is 10.1. The normalized spacial score (nSPS) is 11.5. The minimum absolute atomic E-state index is 0.0414. The number of rotatable bonds is 9. The summed E-state index contributed by atoms with van der Waals surface area (Å²) in [6.45, 7) is 0. The highest BCUT2D eigenvalue weighted by molar-refractivity contribution is 7.19. The van der Waals surface area contributed by atoms with Crippen molar-refractivity contribution >= 4 is 52.4 Å². The molecule has 4 rings (SSSR count). The van der Waals surface area contributed by atoms with Crippen LogP contribution in [-0.2, 0) is 9.59 Å². The summed E-state index contributed by atoms with van der Waals surface area (Å²) in [4.78, 5) is 48.7. The highest BCUT2D eigenvalue weighted by atomic mass is 35.5. The highest BCUT2D eigenvalue weighted by Crippen LogP contribution is 2.33. The maximum atomic E-state index is 13.3. The molecule has 0 spiro atoms. The molecule has 10 nitrogen and oxygen atoms in total. The number of hydrogen-bond donors (Lipinski definition) is 4. The zero-order valence-corrected chi connectivity index (χ0v) is 20.5. The predicted octanol–water partition coefficient (Wildman–Crippen LogP) is 4.16. The number of carboxylic acids is 2. The fourth-order valence-electron chi connectivity index (χ4n) is 3.43. The van der Waals surface area contributed by atoms with Gasteiger partial charge in [-0.15, -0.1) is 11.3 Å². The van der Waals surface area contributed by atoms with Crippen LogP contribution in [0.5, 0.6) is 0 Å². The fraction of sp³-hybridized carbons (Fsp3) is 0.0800. The quantitative estimate of drug-likeness (QED) is 0.250. The van der Waals surface area contributed by atoms with E-state index in [1.54, 1.807) is 29.1 Å². The Bertz CT molecular complexity index is 1480. The van der Waals surface area contributed by atoms with Crippen molar-refractivity contribution in [2.75, 3.05) is 5.32 Å². The number of thiophene rings is 1. The summed E-state index contributed by atoms with van der Waals surface area (Å²) in [6, 6.07) is 17.0. The Kier molecular flexibility index (Phi) is 7.66. The van der Waals surface area contributed by atoms with Gasteiger partial charge in [-0.05, 0) is 42.5 Å². The monoisotopic (exact) mass is 538 g/mol. The third-order valence-electron chi connectivity index (χ3n) is 5.15. The Hall–Kier alpha value is -4.48. The Morgan fingerprint density at radius 1 is 0.973 bits per heavy atom. The molecule has 0 saturated heterocycles. The summed E-state index contributed by atoms with van der Waals surface area (Å²) >= 11 is 7.37. The lowest BCUT2D eigenvalue weighted by Crippen LogP contribution is -2.42. The molecule has 4 N–H and O–H groups in total. The average Bonchev–Trinajstić information content (AvgIpc) is 3.50. The third kappa shape index (κ3) is 6.21. The van der Waals surface area contributed by atoms with Gasteiger partial charge in [-0.2, -0.15) is 5.10 Å². The van der Waals surface area contributed by atoms with Gasteiger partial charge in [0, 0.05) is 17.4 Å². The molecule has 0 saturated carbocycles. The molecule has 0 unspecified atom stereocenters. The van der Waals surface area contributed by atoms with Crippen molar-refractivity contribution in [1.82, 2.24) is 15.1 Å². The Morgan fingerprint density at radius 3 is 2.38 bits per heavy atom. The molecule has 2 amide bonds. The van der Waals surface area contributed by atoms with Crippen molar-refractivity contribution < 1.29 is 29.4 Å². The third-order valence-corrected chi connectivity index (χ3v) is 6.39. The minimum atomic E-state index is -1.60. The Labute approximate surface area is 219 Å². The SMILES string of the molecule is O=C(O)C[C@H](NC(=O)c1cccc(NC(=O)c2cn(-c3ccccc3)nc2-c2ccc(Cl)s2)c1)C(=O)O. The van der Waals surface area contributed by atoms with E-state index in [1.807, 2.05) is 30.3 Å². The molecule has 2 aromatic carbocycles. The Balaban J connectivity index is 1.59. The van der Waals surface area contributed by atoms with Crippen LogP contribution in [0.3, 0.4) is 0 Å². The second-order valence-corrected chi connectivity index (χ2v) is 9.49. The van der Waals surface area contributed by atoms with Crippen molar-refractivity contribution in [1.29, 1.82) is 0 Å². The summed E-state index contributed by atoms with van der Waals surface area (Å²) in [7, 11) is 0. The number of aromatic nitrogens is 2. The summed E-state index contributed by atoms with van der Waals surface area (Å²) in [5.41, 5.74) is 1.75. The molecule has 0 radical (unpaired) electrons. The van der Waals surface area contributed by atoms with Gasteiger partial charge in [0.15, 0.2) is 0 Å². The molecule has 2 aromatic heterocycles. The maximum Gasteiger partial charge on any atom is 0.326 e. The van der Waals surface area contributed by atoms with Crippen LogP contribution in [-0.4, -0.2) is 49.8 Å². The zero-order chi connectivity index (χ0) is 26.5. The summed E-state index contributed by atoms with van der Waals surface area (Å²) in [5, 5.41) is 27.5. The number of amides is 2. The first-order chi connectivity index (χ1) is 17.7. The summed E-state index contributed by atoms with van der Waals surface area (Å²) in [6.07, 6.45) is 0.811. The van der Waals surface area contributed by atoms with E-state index in [-0.39, 0.29) is 16.8 Å². The van der Waals surface area contributed by atoms with Crippen LogP contribution >= 0.6 is 22.9 Å². The van der Waals surface area contributed by atoms with E-state index in [4.69, 9.17) is 16.7 Å². The van der Waals surface area contributed by atoms with Gasteiger partial charge in [-0.1, -0.05) is 35.9 Å². The van der Waals surface area contributed by atoms with Crippen LogP contribution in [0.25, 0.3) is 16.3 Å². The second-order valence-electron chi connectivity index (χ2n) is 7.77. The standard InChI is InChI=1S/C25H19ClN4O6S/c26-20-10-9-19(37-20)22-17(13-30(29-22)16-7-2-1-3-8-16)24(34)27-15-6-4-5-14(11-15)23(33)28-18(25(35)36)12-21(31)32/h1-11,13,18H,12H2,(H,27,34)(H,28,33)(H,31,32)(H,35,36)/t18-/m0/s1. The van der Waals surface area contributed by atoms with E-state index in [0.717, 1.165) is 5.69 Å². The molecule has 4 aromatic rings. The molecule has 0 aliphatic carbocycles. The number of carboxylic acid groups (broad SMARTS) is 2. The number of benzene rings is 2. The smallest absolute Gasteiger partial charge is 0.326 e. The number of nitrogens with one attached hydrogen (secondary N) is 2. The Morgan fingerprint density at radius 2 is 1.73 bits per heavy atom. The van der Waals surface area contributed by atoms with Gasteiger partial charge in [-0.25, -0.2) is 9.48 Å². The van der Waals surface area contributed by atoms with Gasteiger partial charge in [0.2, 0.25) is 0 Å². The number of halogens is 1. The minimum Gasteiger partial charge on any atom is -0.481 e. The number of hydrogen-bond acceptors (Lipinski definition) is 6. The van der Waals surface area contributed by atoms with Crippen LogP contribution in [0.2, 0.25) is 4.34 Å². The van der Waals surface area contributed by atoms with Crippen molar-refractivity contribution in [2.45, 2.75) is 12.5 Å². The number of nitrogens with zero attached hydrogens (tertiary/aromatic N) is 2. The first-order valence-corrected chi connectivity index (χ1v) is 12.0. The molecule has 2 heterocycles. The molecular formula is C25H19ClN4O6S. The van der Waals surface area contributed by atoms with E-state index in [2.05, 4.69) is 15.7 Å². The van der Waals surface area contributed by atoms with E-state index in [0.29, 0.717) is 14.9 Å². The zero-order valence-electron chi connectivity index (χ0n) is 18.9. The van der Waals surface area contributed by atoms with Crippen molar-refractivity contribution in [3.63, 3.8) is 0 Å². The van der Waals surface area contributed by atoms with E-state index in [9.17, 15) is 24.3 Å². The van der Waals surface area contributed by atoms with Gasteiger partial charge in [-0.3, -0.25) is 14.4 Å². The van der Waals surface area contributed by atoms with Gasteiger partial charge < -0.3 is 20.8 Å². The van der Waals surface area contributed by atoms with Crippen LogP contribution < -0.4 is 10.6 Å². The van der Waals surface area contributed by atoms with Crippen molar-refractivity contribution in [2.24, 2.45) is 0 Å². The average molecular weight is 539 g/mol. The molecule has 0 aliphatic heterocycles. The molecule has 12 heteroatoms. The lowest BCUT2D eigenvalue weighted by molar-refractivity contribution is -0.145. The number of para-hydroxylation sites is 1. The van der Waals surface area contributed by atoms with Crippen LogP contribution in [0.1, 0.15) is 27.1 Å². The van der Waals surface area contributed by atoms with Crippen molar-refractivity contribution in [3.05, 3.63) is 88.4 Å². The van der Waals surface area contributed by atoms with Crippen LogP contribution in [0.4, 0.5) is 5.69 Å². The van der Waals surface area contributed by atoms with Gasteiger partial charge in [0.1, 0.15) is 11.7 Å². The predicted molar refractivity (Wildman–Crippen MR) is 137 cm³/mol. The van der Waals surface area contributed by atoms with Crippen molar-refractivity contribution in [3.8, 4) is 16.3 Å². The van der Waals surface area contributed by atoms with Gasteiger partial charge in [0.05, 0.1) is 26.9 Å².